The predicted octanol–water partition coefficient (Wildman–Crippen LogP) is 0.256. The lowest BCUT2D eigenvalue weighted by atomic mass is 10.1. The molecule has 1 aromatic rings. The fourth-order valence-electron chi connectivity index (χ4n) is 2.14. The maximum Gasteiger partial charge on any atom is 0.223 e. The number of nitrogens with zero attached hydrogens (tertiary/aromatic N) is 2. The van der Waals surface area contributed by atoms with Crippen LogP contribution in [-0.4, -0.2) is 38.9 Å². The molecule has 0 spiro atoms. The quantitative estimate of drug-likeness (QED) is 0.580. The Hall–Kier alpha value is -1.11. The van der Waals surface area contributed by atoms with Gasteiger partial charge in [0.2, 0.25) is 5.95 Å². The van der Waals surface area contributed by atoms with Gasteiger partial charge in [-0.05, 0) is 12.8 Å². The summed E-state index contributed by atoms with van der Waals surface area (Å²) in [6.07, 6.45) is 0.790. The maximum absolute atomic E-state index is 9.66. The summed E-state index contributed by atoms with van der Waals surface area (Å²) >= 11 is 5.76. The lowest BCUT2D eigenvalue weighted by molar-refractivity contribution is 0.0908. The standard InChI is InChI=1S/C10H15ClN4O2/c11-8-3-9(15-10(12)14-8)13-6-1-5(4-16)7(17)2-6/h3,5-7,16-17H,1-2,4H2,(H3,12,13,14,15). The monoisotopic (exact) mass is 258 g/mol. The molecule has 1 aliphatic carbocycles. The molecule has 0 amide bonds. The molecule has 6 nitrogen and oxygen atoms in total. The number of aromatic nitrogens is 2. The van der Waals surface area contributed by atoms with Gasteiger partial charge in [-0.15, -0.1) is 0 Å². The SMILES string of the molecule is Nc1nc(Cl)cc(NC2CC(O)C(CO)C2)n1. The summed E-state index contributed by atoms with van der Waals surface area (Å²) in [5.41, 5.74) is 5.48. The van der Waals surface area contributed by atoms with Gasteiger partial charge in [0.05, 0.1) is 6.10 Å². The summed E-state index contributed by atoms with van der Waals surface area (Å²) in [6.45, 7) is -0.00792. The van der Waals surface area contributed by atoms with Gasteiger partial charge in [-0.3, -0.25) is 0 Å². The van der Waals surface area contributed by atoms with Crippen LogP contribution in [0, 0.1) is 5.92 Å². The highest BCUT2D eigenvalue weighted by Crippen LogP contribution is 2.28. The first-order chi connectivity index (χ1) is 8.08. The van der Waals surface area contributed by atoms with Crippen LogP contribution < -0.4 is 11.1 Å². The van der Waals surface area contributed by atoms with Gasteiger partial charge in [0.1, 0.15) is 11.0 Å². The number of nitrogens with two attached hydrogens (primary N) is 1. The number of halogens is 1. The molecule has 1 saturated carbocycles. The van der Waals surface area contributed by atoms with Crippen LogP contribution in [0.15, 0.2) is 6.07 Å². The largest absolute Gasteiger partial charge is 0.396 e. The van der Waals surface area contributed by atoms with Crippen LogP contribution in [0.4, 0.5) is 11.8 Å². The van der Waals surface area contributed by atoms with Gasteiger partial charge in [-0.2, -0.15) is 4.98 Å². The third-order valence-corrected chi connectivity index (χ3v) is 3.15. The van der Waals surface area contributed by atoms with E-state index in [1.807, 2.05) is 0 Å². The lowest BCUT2D eigenvalue weighted by Gasteiger charge is -2.13. The highest BCUT2D eigenvalue weighted by Gasteiger charge is 2.32. The van der Waals surface area contributed by atoms with E-state index in [-0.39, 0.29) is 29.7 Å². The first-order valence-electron chi connectivity index (χ1n) is 5.44. The van der Waals surface area contributed by atoms with E-state index in [0.29, 0.717) is 18.7 Å². The van der Waals surface area contributed by atoms with Crippen molar-refractivity contribution in [2.75, 3.05) is 17.7 Å². The molecule has 0 bridgehead atoms. The van der Waals surface area contributed by atoms with Crippen LogP contribution in [0.3, 0.4) is 0 Å². The van der Waals surface area contributed by atoms with E-state index in [4.69, 9.17) is 22.4 Å². The van der Waals surface area contributed by atoms with Crippen molar-refractivity contribution in [2.45, 2.75) is 25.0 Å². The summed E-state index contributed by atoms with van der Waals surface area (Å²) in [5.74, 6) is 0.567. The van der Waals surface area contributed by atoms with Crippen molar-refractivity contribution in [1.82, 2.24) is 9.97 Å². The molecule has 1 fully saturated rings. The summed E-state index contributed by atoms with van der Waals surface area (Å²) in [5, 5.41) is 22.1. The van der Waals surface area contributed by atoms with E-state index >= 15 is 0 Å². The van der Waals surface area contributed by atoms with Crippen molar-refractivity contribution in [1.29, 1.82) is 0 Å². The van der Waals surface area contributed by atoms with Gasteiger partial charge in [0.25, 0.3) is 0 Å². The van der Waals surface area contributed by atoms with Crippen molar-refractivity contribution >= 4 is 23.4 Å². The number of rotatable bonds is 3. The van der Waals surface area contributed by atoms with Crippen LogP contribution in [0.25, 0.3) is 0 Å². The Morgan fingerprint density at radius 3 is 2.82 bits per heavy atom. The average Bonchev–Trinajstić information content (AvgIpc) is 2.57. The molecule has 7 heteroatoms. The summed E-state index contributed by atoms with van der Waals surface area (Å²) < 4.78 is 0. The molecule has 17 heavy (non-hydrogen) atoms. The van der Waals surface area contributed by atoms with Gasteiger partial charge in [0.15, 0.2) is 0 Å². The third-order valence-electron chi connectivity index (χ3n) is 2.96. The number of hydrogen-bond donors (Lipinski definition) is 4. The molecule has 1 heterocycles. The Bertz CT molecular complexity index is 384. The zero-order valence-electron chi connectivity index (χ0n) is 9.17. The van der Waals surface area contributed by atoms with Crippen molar-refractivity contribution in [3.05, 3.63) is 11.2 Å². The first-order valence-corrected chi connectivity index (χ1v) is 5.82. The summed E-state index contributed by atoms with van der Waals surface area (Å²) in [6, 6.07) is 1.64. The number of nitrogens with one attached hydrogen (secondary N) is 1. The first kappa shape index (κ1) is 12.3. The second-order valence-electron chi connectivity index (χ2n) is 4.26. The van der Waals surface area contributed by atoms with E-state index in [2.05, 4.69) is 15.3 Å². The van der Waals surface area contributed by atoms with Gasteiger partial charge in [-0.25, -0.2) is 4.98 Å². The number of hydrogen-bond acceptors (Lipinski definition) is 6. The van der Waals surface area contributed by atoms with Gasteiger partial charge in [-0.1, -0.05) is 11.6 Å². The zero-order valence-corrected chi connectivity index (χ0v) is 9.93. The molecule has 5 N–H and O–H groups in total. The van der Waals surface area contributed by atoms with Gasteiger partial charge < -0.3 is 21.3 Å². The minimum Gasteiger partial charge on any atom is -0.396 e. The Morgan fingerprint density at radius 1 is 1.47 bits per heavy atom. The van der Waals surface area contributed by atoms with E-state index in [0.717, 1.165) is 0 Å². The van der Waals surface area contributed by atoms with Crippen molar-refractivity contribution in [2.24, 2.45) is 5.92 Å². The lowest BCUT2D eigenvalue weighted by Crippen LogP contribution is -2.17. The van der Waals surface area contributed by atoms with Crippen molar-refractivity contribution < 1.29 is 10.2 Å². The van der Waals surface area contributed by atoms with Crippen LogP contribution in [0.1, 0.15) is 12.8 Å². The third kappa shape index (κ3) is 2.96. The molecule has 3 unspecified atom stereocenters. The molecule has 1 aliphatic rings. The fraction of sp³-hybridized carbons (Fsp3) is 0.600. The second-order valence-corrected chi connectivity index (χ2v) is 4.64. The molecule has 94 valence electrons. The van der Waals surface area contributed by atoms with Crippen LogP contribution in [0.2, 0.25) is 5.15 Å². The van der Waals surface area contributed by atoms with Crippen molar-refractivity contribution in [3.8, 4) is 0 Å². The van der Waals surface area contributed by atoms with E-state index in [1.165, 1.54) is 0 Å². The molecule has 0 aromatic carbocycles. The van der Waals surface area contributed by atoms with Gasteiger partial charge in [0, 0.05) is 24.6 Å². The maximum atomic E-state index is 9.66. The minimum atomic E-state index is -0.479. The van der Waals surface area contributed by atoms with Crippen LogP contribution in [-0.2, 0) is 0 Å². The summed E-state index contributed by atoms with van der Waals surface area (Å²) in [4.78, 5) is 7.76. The molecular formula is C10H15ClN4O2. The number of nitrogen functional groups attached to an aromatic ring is 1. The zero-order chi connectivity index (χ0) is 12.4. The van der Waals surface area contributed by atoms with E-state index < -0.39 is 6.10 Å². The smallest absolute Gasteiger partial charge is 0.223 e. The van der Waals surface area contributed by atoms with Crippen molar-refractivity contribution in [3.63, 3.8) is 0 Å². The Labute approximate surface area is 104 Å². The number of aliphatic hydroxyl groups is 2. The van der Waals surface area contributed by atoms with Crippen LogP contribution >= 0.6 is 11.6 Å². The average molecular weight is 259 g/mol. The van der Waals surface area contributed by atoms with Crippen LogP contribution in [0.5, 0.6) is 0 Å². The molecule has 0 radical (unpaired) electrons. The molecule has 2 rings (SSSR count). The minimum absolute atomic E-state index is 0.00792. The normalized spacial score (nSPS) is 28.3. The fourth-order valence-corrected chi connectivity index (χ4v) is 2.33. The highest BCUT2D eigenvalue weighted by atomic mass is 35.5. The second kappa shape index (κ2) is 5.03. The van der Waals surface area contributed by atoms with Gasteiger partial charge >= 0.3 is 0 Å². The molecule has 0 aliphatic heterocycles. The van der Waals surface area contributed by atoms with E-state index in [9.17, 15) is 5.11 Å². The predicted molar refractivity (Wildman–Crippen MR) is 64.7 cm³/mol. The molecular weight excluding hydrogens is 244 g/mol. The number of anilines is 2. The Kier molecular flexibility index (Phi) is 3.66. The Balaban J connectivity index is 2.02. The Morgan fingerprint density at radius 2 is 2.24 bits per heavy atom. The highest BCUT2D eigenvalue weighted by molar-refractivity contribution is 6.29. The summed E-state index contributed by atoms with van der Waals surface area (Å²) in [7, 11) is 0. The molecule has 1 aromatic heterocycles. The molecule has 0 saturated heterocycles. The topological polar surface area (TPSA) is 104 Å². The molecule has 3 atom stereocenters. The van der Waals surface area contributed by atoms with E-state index in [1.54, 1.807) is 6.07 Å². The number of aliphatic hydroxyl groups excluding tert-OH is 2.